The molecule has 1 aromatic carbocycles. The van der Waals surface area contributed by atoms with Gasteiger partial charge in [0.2, 0.25) is 11.8 Å². The number of fused-ring (bicyclic) bond motifs is 1. The molecule has 0 fully saturated rings. The largest absolute Gasteiger partial charge is 0.438 e. The lowest BCUT2D eigenvalue weighted by molar-refractivity contribution is -0.123. The molecular formula is C22H29N3O3S. The van der Waals surface area contributed by atoms with Crippen LogP contribution in [-0.2, 0) is 11.2 Å². The summed E-state index contributed by atoms with van der Waals surface area (Å²) in [7, 11) is 0. The number of carbonyl (C=O) groups is 1. The number of aliphatic hydroxyl groups excluding tert-OH is 1. The molecule has 0 saturated carbocycles. The molecule has 0 spiro atoms. The highest BCUT2D eigenvalue weighted by atomic mass is 32.1. The molecule has 7 heteroatoms. The zero-order valence-electron chi connectivity index (χ0n) is 16.9. The van der Waals surface area contributed by atoms with Crippen LogP contribution in [0.4, 0.5) is 0 Å². The molecule has 1 amide bonds. The minimum Gasteiger partial charge on any atom is -0.438 e. The molecule has 3 N–H and O–H groups in total. The fourth-order valence-corrected chi connectivity index (χ4v) is 3.97. The summed E-state index contributed by atoms with van der Waals surface area (Å²) in [4.78, 5) is 18.1. The SMILES string of the molecule is CC(C)N[C@@H](Cc1cccs1)C(=O)NCCCC[C@H](O)c1nc2ccccc2o1. The Kier molecular flexibility index (Phi) is 7.80. The van der Waals surface area contributed by atoms with Crippen LogP contribution in [0.1, 0.15) is 50.0 Å². The van der Waals surface area contributed by atoms with Crippen molar-refractivity contribution in [1.29, 1.82) is 0 Å². The summed E-state index contributed by atoms with van der Waals surface area (Å²) in [5, 5.41) is 18.7. The van der Waals surface area contributed by atoms with Crippen molar-refractivity contribution in [3.8, 4) is 0 Å². The zero-order chi connectivity index (χ0) is 20.6. The summed E-state index contributed by atoms with van der Waals surface area (Å²) in [5.74, 6) is 0.374. The molecule has 0 radical (unpaired) electrons. The summed E-state index contributed by atoms with van der Waals surface area (Å²) < 4.78 is 5.61. The number of nitrogens with one attached hydrogen (secondary N) is 2. The zero-order valence-corrected chi connectivity index (χ0v) is 17.7. The van der Waals surface area contributed by atoms with E-state index in [1.165, 1.54) is 4.88 Å². The van der Waals surface area contributed by atoms with Gasteiger partial charge in [0.15, 0.2) is 5.58 Å². The Morgan fingerprint density at radius 2 is 2.03 bits per heavy atom. The molecular weight excluding hydrogens is 386 g/mol. The van der Waals surface area contributed by atoms with Gasteiger partial charge in [-0.3, -0.25) is 4.79 Å². The van der Waals surface area contributed by atoms with E-state index in [1.54, 1.807) is 11.3 Å². The molecule has 0 aliphatic heterocycles. The number of benzene rings is 1. The molecule has 0 saturated heterocycles. The van der Waals surface area contributed by atoms with Crippen LogP contribution in [0.5, 0.6) is 0 Å². The van der Waals surface area contributed by atoms with Gasteiger partial charge in [-0.15, -0.1) is 11.3 Å². The predicted molar refractivity (Wildman–Crippen MR) is 116 cm³/mol. The highest BCUT2D eigenvalue weighted by Gasteiger charge is 2.20. The summed E-state index contributed by atoms with van der Waals surface area (Å²) >= 11 is 1.67. The third-order valence-corrected chi connectivity index (χ3v) is 5.53. The van der Waals surface area contributed by atoms with Crippen LogP contribution in [0.2, 0.25) is 0 Å². The van der Waals surface area contributed by atoms with E-state index in [2.05, 4.69) is 21.7 Å². The number of hydrogen-bond acceptors (Lipinski definition) is 6. The first-order valence-electron chi connectivity index (χ1n) is 10.1. The van der Waals surface area contributed by atoms with Crippen LogP contribution in [0, 0.1) is 0 Å². The number of aliphatic hydroxyl groups is 1. The van der Waals surface area contributed by atoms with Crippen molar-refractivity contribution in [2.24, 2.45) is 0 Å². The van der Waals surface area contributed by atoms with E-state index in [0.717, 1.165) is 18.4 Å². The third-order valence-electron chi connectivity index (χ3n) is 4.64. The average Bonchev–Trinajstić information content (AvgIpc) is 3.36. The van der Waals surface area contributed by atoms with Gasteiger partial charge in [0.1, 0.15) is 11.6 Å². The fourth-order valence-electron chi connectivity index (χ4n) is 3.21. The van der Waals surface area contributed by atoms with E-state index in [0.29, 0.717) is 30.9 Å². The molecule has 2 aromatic heterocycles. The van der Waals surface area contributed by atoms with Crippen LogP contribution >= 0.6 is 11.3 Å². The number of thiophene rings is 1. The molecule has 29 heavy (non-hydrogen) atoms. The first-order valence-corrected chi connectivity index (χ1v) is 11.0. The molecule has 2 atom stereocenters. The molecule has 6 nitrogen and oxygen atoms in total. The first kappa shape index (κ1) is 21.5. The average molecular weight is 416 g/mol. The van der Waals surface area contributed by atoms with Crippen LogP contribution < -0.4 is 10.6 Å². The number of hydrogen-bond donors (Lipinski definition) is 3. The Balaban J connectivity index is 1.40. The number of unbranched alkanes of at least 4 members (excludes halogenated alkanes) is 1. The number of amides is 1. The second-order valence-electron chi connectivity index (χ2n) is 7.48. The van der Waals surface area contributed by atoms with E-state index >= 15 is 0 Å². The van der Waals surface area contributed by atoms with Gasteiger partial charge < -0.3 is 20.2 Å². The molecule has 156 valence electrons. The van der Waals surface area contributed by atoms with Crippen molar-refractivity contribution in [3.63, 3.8) is 0 Å². The van der Waals surface area contributed by atoms with Crippen molar-refractivity contribution in [2.75, 3.05) is 6.54 Å². The molecule has 3 rings (SSSR count). The Hall–Kier alpha value is -2.22. The molecule has 2 heterocycles. The van der Waals surface area contributed by atoms with E-state index in [4.69, 9.17) is 4.42 Å². The maximum atomic E-state index is 12.6. The highest BCUT2D eigenvalue weighted by molar-refractivity contribution is 7.09. The maximum absolute atomic E-state index is 12.6. The monoisotopic (exact) mass is 415 g/mol. The lowest BCUT2D eigenvalue weighted by Gasteiger charge is -2.20. The van der Waals surface area contributed by atoms with Gasteiger partial charge >= 0.3 is 0 Å². The van der Waals surface area contributed by atoms with Gasteiger partial charge in [0.05, 0.1) is 6.04 Å². The van der Waals surface area contributed by atoms with Crippen molar-refractivity contribution in [1.82, 2.24) is 15.6 Å². The molecule has 3 aromatic rings. The number of oxazole rings is 1. The second kappa shape index (κ2) is 10.5. The van der Waals surface area contributed by atoms with Crippen LogP contribution in [0.25, 0.3) is 11.1 Å². The quantitative estimate of drug-likeness (QED) is 0.415. The lowest BCUT2D eigenvalue weighted by Crippen LogP contribution is -2.48. The second-order valence-corrected chi connectivity index (χ2v) is 8.51. The maximum Gasteiger partial charge on any atom is 0.237 e. The third kappa shape index (κ3) is 6.39. The van der Waals surface area contributed by atoms with E-state index in [1.807, 2.05) is 49.6 Å². The van der Waals surface area contributed by atoms with Gasteiger partial charge in [0, 0.05) is 23.9 Å². The number of nitrogens with zero attached hydrogens (tertiary/aromatic N) is 1. The van der Waals surface area contributed by atoms with E-state index < -0.39 is 6.10 Å². The topological polar surface area (TPSA) is 87.4 Å². The highest BCUT2D eigenvalue weighted by Crippen LogP contribution is 2.23. The smallest absolute Gasteiger partial charge is 0.237 e. The normalized spacial score (nSPS) is 13.7. The van der Waals surface area contributed by atoms with Gasteiger partial charge in [-0.25, -0.2) is 4.98 Å². The number of para-hydroxylation sites is 2. The van der Waals surface area contributed by atoms with Crippen LogP contribution in [-0.4, -0.2) is 34.6 Å². The Morgan fingerprint density at radius 3 is 2.76 bits per heavy atom. The Bertz CT molecular complexity index is 859. The van der Waals surface area contributed by atoms with Crippen LogP contribution in [0.3, 0.4) is 0 Å². The van der Waals surface area contributed by atoms with Crippen molar-refractivity contribution in [3.05, 3.63) is 52.5 Å². The van der Waals surface area contributed by atoms with Crippen molar-refractivity contribution in [2.45, 2.75) is 57.7 Å². The molecule has 0 unspecified atom stereocenters. The van der Waals surface area contributed by atoms with Gasteiger partial charge in [0.25, 0.3) is 0 Å². The number of aromatic nitrogens is 1. The summed E-state index contributed by atoms with van der Waals surface area (Å²) in [6.45, 7) is 4.67. The Morgan fingerprint density at radius 1 is 1.21 bits per heavy atom. The predicted octanol–water partition coefficient (Wildman–Crippen LogP) is 3.82. The fraction of sp³-hybridized carbons (Fsp3) is 0.455. The number of rotatable bonds is 11. The molecule has 0 aliphatic carbocycles. The number of carbonyl (C=O) groups excluding carboxylic acids is 1. The molecule has 0 aliphatic rings. The standard InChI is InChI=1S/C22H29N3O3S/c1-15(2)24-18(14-16-8-7-13-29-16)21(27)23-12-6-5-10-19(26)22-25-17-9-3-4-11-20(17)28-22/h3-4,7-9,11,13,15,18-19,24,26H,5-6,10,12,14H2,1-2H3,(H,23,27)/t18-,19-/m0/s1. The van der Waals surface area contributed by atoms with E-state index in [9.17, 15) is 9.90 Å². The minimum absolute atomic E-state index is 0.0200. The summed E-state index contributed by atoms with van der Waals surface area (Å²) in [5.41, 5.74) is 1.44. The molecule has 0 bridgehead atoms. The lowest BCUT2D eigenvalue weighted by atomic mass is 10.1. The van der Waals surface area contributed by atoms with Gasteiger partial charge in [-0.2, -0.15) is 0 Å². The minimum atomic E-state index is -0.729. The van der Waals surface area contributed by atoms with E-state index in [-0.39, 0.29) is 18.0 Å². The van der Waals surface area contributed by atoms with Crippen LogP contribution in [0.15, 0.2) is 46.2 Å². The van der Waals surface area contributed by atoms with Crippen molar-refractivity contribution >= 4 is 28.3 Å². The van der Waals surface area contributed by atoms with Gasteiger partial charge in [-0.1, -0.05) is 32.0 Å². The summed E-state index contributed by atoms with van der Waals surface area (Å²) in [6, 6.07) is 11.5. The Labute approximate surface area is 175 Å². The first-order chi connectivity index (χ1) is 14.0. The summed E-state index contributed by atoms with van der Waals surface area (Å²) in [6.07, 6.45) is 2.07. The van der Waals surface area contributed by atoms with Crippen molar-refractivity contribution < 1.29 is 14.3 Å². The van der Waals surface area contributed by atoms with Gasteiger partial charge in [-0.05, 0) is 42.8 Å².